The van der Waals surface area contributed by atoms with Crippen molar-refractivity contribution in [3.05, 3.63) is 36.4 Å². The van der Waals surface area contributed by atoms with Gasteiger partial charge < -0.3 is 16.4 Å². The van der Waals surface area contributed by atoms with Gasteiger partial charge in [-0.15, -0.1) is 0 Å². The third kappa shape index (κ3) is 2.33. The molecule has 0 aliphatic carbocycles. The van der Waals surface area contributed by atoms with E-state index in [4.69, 9.17) is 5.73 Å². The smallest absolute Gasteiger partial charge is 0.221 e. The summed E-state index contributed by atoms with van der Waals surface area (Å²) in [7, 11) is 1.86. The molecule has 106 valence electrons. The molecule has 0 bridgehead atoms. The second kappa shape index (κ2) is 4.94. The number of fused-ring (bicyclic) bond motifs is 2. The van der Waals surface area contributed by atoms with Crippen LogP contribution in [0.1, 0.15) is 6.92 Å². The molecule has 2 aromatic carbocycles. The van der Waals surface area contributed by atoms with E-state index in [2.05, 4.69) is 15.6 Å². The molecule has 0 atom stereocenters. The SMILES string of the molecule is CNc1c2cc(N)ccc2nc2ccc(NC(C)=O)cc12. The van der Waals surface area contributed by atoms with Gasteiger partial charge in [0.2, 0.25) is 5.91 Å². The Bertz CT molecular complexity index is 858. The molecule has 0 saturated carbocycles. The average Bonchev–Trinajstić information content (AvgIpc) is 2.44. The molecular formula is C16H16N4O. The molecule has 1 heterocycles. The lowest BCUT2D eigenvalue weighted by Gasteiger charge is -2.12. The maximum absolute atomic E-state index is 11.2. The molecule has 0 unspecified atom stereocenters. The van der Waals surface area contributed by atoms with Crippen molar-refractivity contribution < 1.29 is 4.79 Å². The Hall–Kier alpha value is -2.82. The first-order valence-electron chi connectivity index (χ1n) is 6.67. The normalized spacial score (nSPS) is 10.8. The maximum Gasteiger partial charge on any atom is 0.221 e. The molecule has 5 heteroatoms. The second-order valence-electron chi connectivity index (χ2n) is 4.93. The second-order valence-corrected chi connectivity index (χ2v) is 4.93. The molecule has 5 nitrogen and oxygen atoms in total. The Kier molecular flexibility index (Phi) is 3.10. The number of amides is 1. The molecule has 0 spiro atoms. The predicted molar refractivity (Wildman–Crippen MR) is 87.5 cm³/mol. The van der Waals surface area contributed by atoms with Crippen molar-refractivity contribution in [1.82, 2.24) is 4.98 Å². The summed E-state index contributed by atoms with van der Waals surface area (Å²) >= 11 is 0. The fraction of sp³-hybridized carbons (Fsp3) is 0.125. The molecule has 3 aromatic rings. The third-order valence-corrected chi connectivity index (χ3v) is 3.37. The Morgan fingerprint density at radius 2 is 1.76 bits per heavy atom. The summed E-state index contributed by atoms with van der Waals surface area (Å²) in [5, 5.41) is 7.91. The van der Waals surface area contributed by atoms with Crippen LogP contribution in [0, 0.1) is 0 Å². The molecule has 0 aliphatic heterocycles. The number of nitrogens with one attached hydrogen (secondary N) is 2. The Labute approximate surface area is 122 Å². The quantitative estimate of drug-likeness (QED) is 0.498. The van der Waals surface area contributed by atoms with Crippen LogP contribution in [0.4, 0.5) is 17.1 Å². The molecular weight excluding hydrogens is 264 g/mol. The van der Waals surface area contributed by atoms with Crippen molar-refractivity contribution in [2.24, 2.45) is 0 Å². The number of anilines is 3. The van der Waals surface area contributed by atoms with Crippen LogP contribution in [0.15, 0.2) is 36.4 Å². The highest BCUT2D eigenvalue weighted by atomic mass is 16.1. The molecule has 21 heavy (non-hydrogen) atoms. The number of nitrogens with two attached hydrogens (primary N) is 1. The van der Waals surface area contributed by atoms with Crippen molar-refractivity contribution in [1.29, 1.82) is 0 Å². The van der Waals surface area contributed by atoms with Crippen molar-refractivity contribution in [2.75, 3.05) is 23.4 Å². The minimum absolute atomic E-state index is 0.0987. The molecule has 0 fully saturated rings. The zero-order valence-electron chi connectivity index (χ0n) is 11.9. The molecule has 0 saturated heterocycles. The number of pyridine rings is 1. The zero-order chi connectivity index (χ0) is 15.0. The van der Waals surface area contributed by atoms with Crippen LogP contribution in [0.25, 0.3) is 21.8 Å². The van der Waals surface area contributed by atoms with E-state index >= 15 is 0 Å². The van der Waals surface area contributed by atoms with Gasteiger partial charge in [0.1, 0.15) is 0 Å². The van der Waals surface area contributed by atoms with E-state index in [-0.39, 0.29) is 5.91 Å². The summed E-state index contributed by atoms with van der Waals surface area (Å²) in [6, 6.07) is 11.3. The zero-order valence-corrected chi connectivity index (χ0v) is 11.9. The molecule has 1 aromatic heterocycles. The van der Waals surface area contributed by atoms with Gasteiger partial charge in [0.15, 0.2) is 0 Å². The van der Waals surface area contributed by atoms with E-state index in [9.17, 15) is 4.79 Å². The minimum atomic E-state index is -0.0987. The van der Waals surface area contributed by atoms with Crippen molar-refractivity contribution in [3.63, 3.8) is 0 Å². The minimum Gasteiger partial charge on any atom is -0.399 e. The third-order valence-electron chi connectivity index (χ3n) is 3.37. The Morgan fingerprint density at radius 1 is 1.10 bits per heavy atom. The average molecular weight is 280 g/mol. The number of carbonyl (C=O) groups excluding carboxylic acids is 1. The fourth-order valence-electron chi connectivity index (χ4n) is 2.51. The number of rotatable bonds is 2. The van der Waals surface area contributed by atoms with E-state index in [0.717, 1.165) is 33.2 Å². The number of benzene rings is 2. The van der Waals surface area contributed by atoms with Gasteiger partial charge in [0.25, 0.3) is 0 Å². The van der Waals surface area contributed by atoms with Crippen LogP contribution in [0.3, 0.4) is 0 Å². The highest BCUT2D eigenvalue weighted by Gasteiger charge is 2.09. The lowest BCUT2D eigenvalue weighted by atomic mass is 10.1. The first-order chi connectivity index (χ1) is 10.1. The van der Waals surface area contributed by atoms with E-state index in [1.54, 1.807) is 0 Å². The lowest BCUT2D eigenvalue weighted by Crippen LogP contribution is -2.05. The summed E-state index contributed by atoms with van der Waals surface area (Å²) in [4.78, 5) is 15.8. The number of nitrogen functional groups attached to an aromatic ring is 1. The van der Waals surface area contributed by atoms with E-state index in [1.165, 1.54) is 6.92 Å². The Balaban J connectivity index is 2.33. The van der Waals surface area contributed by atoms with Gasteiger partial charge in [0.05, 0.1) is 16.7 Å². The number of hydrogen-bond acceptors (Lipinski definition) is 4. The van der Waals surface area contributed by atoms with E-state index < -0.39 is 0 Å². The van der Waals surface area contributed by atoms with E-state index in [0.29, 0.717) is 5.69 Å². The molecule has 1 amide bonds. The van der Waals surface area contributed by atoms with Gasteiger partial charge >= 0.3 is 0 Å². The summed E-state index contributed by atoms with van der Waals surface area (Å²) in [5.41, 5.74) is 10.0. The summed E-state index contributed by atoms with van der Waals surface area (Å²) in [6.45, 7) is 1.49. The molecule has 0 aliphatic rings. The first kappa shape index (κ1) is 13.2. The molecule has 0 radical (unpaired) electrons. The van der Waals surface area contributed by atoms with Crippen LogP contribution < -0.4 is 16.4 Å². The fourth-order valence-corrected chi connectivity index (χ4v) is 2.51. The highest BCUT2D eigenvalue weighted by molar-refractivity contribution is 6.09. The van der Waals surface area contributed by atoms with Gasteiger partial charge in [-0.3, -0.25) is 4.79 Å². The topological polar surface area (TPSA) is 80.0 Å². The Morgan fingerprint density at radius 3 is 2.43 bits per heavy atom. The predicted octanol–water partition coefficient (Wildman–Crippen LogP) is 2.97. The molecule has 3 rings (SSSR count). The first-order valence-corrected chi connectivity index (χ1v) is 6.67. The lowest BCUT2D eigenvalue weighted by molar-refractivity contribution is -0.114. The van der Waals surface area contributed by atoms with Gasteiger partial charge in [-0.1, -0.05) is 0 Å². The number of hydrogen-bond donors (Lipinski definition) is 3. The van der Waals surface area contributed by atoms with Crippen molar-refractivity contribution in [2.45, 2.75) is 6.92 Å². The van der Waals surface area contributed by atoms with Crippen LogP contribution in [0.5, 0.6) is 0 Å². The van der Waals surface area contributed by atoms with Crippen molar-refractivity contribution in [3.8, 4) is 0 Å². The standard InChI is InChI=1S/C16H16N4O/c1-9(21)19-11-4-6-15-13(8-11)16(18-2)12-7-10(17)3-5-14(12)20-15/h3-8H,17H2,1-2H3,(H,18,20)(H,19,21). The van der Waals surface area contributed by atoms with E-state index in [1.807, 2.05) is 43.4 Å². The van der Waals surface area contributed by atoms with Crippen LogP contribution in [0.2, 0.25) is 0 Å². The summed E-state index contributed by atoms with van der Waals surface area (Å²) in [6.07, 6.45) is 0. The maximum atomic E-state index is 11.2. The number of aromatic nitrogens is 1. The number of carbonyl (C=O) groups is 1. The van der Waals surface area contributed by atoms with Crippen LogP contribution in [-0.4, -0.2) is 17.9 Å². The van der Waals surface area contributed by atoms with Gasteiger partial charge in [-0.05, 0) is 36.4 Å². The number of nitrogens with zero attached hydrogens (tertiary/aromatic N) is 1. The van der Waals surface area contributed by atoms with Gasteiger partial charge in [-0.25, -0.2) is 4.98 Å². The monoisotopic (exact) mass is 280 g/mol. The van der Waals surface area contributed by atoms with Gasteiger partial charge in [0, 0.05) is 36.1 Å². The van der Waals surface area contributed by atoms with Crippen LogP contribution in [-0.2, 0) is 4.79 Å². The summed E-state index contributed by atoms with van der Waals surface area (Å²) in [5.74, 6) is -0.0987. The van der Waals surface area contributed by atoms with Crippen LogP contribution >= 0.6 is 0 Å². The van der Waals surface area contributed by atoms with Gasteiger partial charge in [-0.2, -0.15) is 0 Å². The molecule has 4 N–H and O–H groups in total. The highest BCUT2D eigenvalue weighted by Crippen LogP contribution is 2.33. The summed E-state index contributed by atoms with van der Waals surface area (Å²) < 4.78 is 0. The largest absolute Gasteiger partial charge is 0.399 e. The van der Waals surface area contributed by atoms with Crippen molar-refractivity contribution >= 4 is 44.8 Å².